The molecule has 4 heteroatoms. The number of nitrogens with zero attached hydrogens (tertiary/aromatic N) is 2. The number of rotatable bonds is 1. The van der Waals surface area contributed by atoms with Crippen LogP contribution in [0.1, 0.15) is 10.6 Å². The first-order valence-corrected chi connectivity index (χ1v) is 7.27. The highest BCUT2D eigenvalue weighted by molar-refractivity contribution is 7.15. The fraction of sp³-hybridized carbons (Fsp3) is 0.125. The molecule has 1 aliphatic heterocycles. The number of aromatic nitrogens is 2. The molecule has 0 aliphatic carbocycles. The van der Waals surface area contributed by atoms with Gasteiger partial charge in [-0.05, 0) is 41.8 Å². The number of ether oxygens (including phenoxy) is 1. The Morgan fingerprint density at radius 3 is 2.95 bits per heavy atom. The van der Waals surface area contributed by atoms with Gasteiger partial charge in [0, 0.05) is 18.0 Å². The molecule has 0 spiro atoms. The molecule has 98 valence electrons. The predicted molar refractivity (Wildman–Crippen MR) is 79.9 cm³/mol. The van der Waals surface area contributed by atoms with Crippen molar-refractivity contribution in [3.05, 3.63) is 53.3 Å². The van der Waals surface area contributed by atoms with E-state index in [1.807, 2.05) is 19.2 Å². The topological polar surface area (TPSA) is 35.0 Å². The van der Waals surface area contributed by atoms with Crippen LogP contribution in [0.3, 0.4) is 0 Å². The molecule has 0 amide bonds. The standard InChI is InChI=1S/C16H12N2OS/c1-10-18-8-15(20-10)11-4-5-13-12(7-11)9-19-16-14(13)3-2-6-17-16/h2-8H,9H2,1H3. The van der Waals surface area contributed by atoms with Gasteiger partial charge in [-0.3, -0.25) is 0 Å². The minimum Gasteiger partial charge on any atom is -0.472 e. The summed E-state index contributed by atoms with van der Waals surface area (Å²) in [5, 5.41) is 1.09. The van der Waals surface area contributed by atoms with Crippen molar-refractivity contribution in [3.63, 3.8) is 0 Å². The molecular formula is C16H12N2OS. The molecule has 2 aromatic heterocycles. The Labute approximate surface area is 120 Å². The van der Waals surface area contributed by atoms with Crippen LogP contribution in [0.2, 0.25) is 0 Å². The molecule has 3 heterocycles. The van der Waals surface area contributed by atoms with Crippen LogP contribution in [0.15, 0.2) is 42.7 Å². The third kappa shape index (κ3) is 1.80. The summed E-state index contributed by atoms with van der Waals surface area (Å²) in [5.74, 6) is 0.724. The molecule has 0 N–H and O–H groups in total. The van der Waals surface area contributed by atoms with Gasteiger partial charge in [0.15, 0.2) is 0 Å². The van der Waals surface area contributed by atoms with Gasteiger partial charge in [0.2, 0.25) is 5.88 Å². The van der Waals surface area contributed by atoms with Crippen molar-refractivity contribution >= 4 is 11.3 Å². The largest absolute Gasteiger partial charge is 0.472 e. The van der Waals surface area contributed by atoms with E-state index in [-0.39, 0.29) is 0 Å². The van der Waals surface area contributed by atoms with Crippen LogP contribution in [0.4, 0.5) is 0 Å². The highest BCUT2D eigenvalue weighted by atomic mass is 32.1. The van der Waals surface area contributed by atoms with E-state index in [2.05, 4.69) is 34.2 Å². The summed E-state index contributed by atoms with van der Waals surface area (Å²) in [7, 11) is 0. The number of hydrogen-bond donors (Lipinski definition) is 0. The van der Waals surface area contributed by atoms with Crippen molar-refractivity contribution in [2.45, 2.75) is 13.5 Å². The molecule has 0 bridgehead atoms. The third-order valence-electron chi connectivity index (χ3n) is 3.44. The first-order valence-electron chi connectivity index (χ1n) is 6.45. The highest BCUT2D eigenvalue weighted by Crippen LogP contribution is 2.38. The summed E-state index contributed by atoms with van der Waals surface area (Å²) >= 11 is 1.71. The van der Waals surface area contributed by atoms with Gasteiger partial charge in [-0.1, -0.05) is 12.1 Å². The average Bonchev–Trinajstić information content (AvgIpc) is 2.93. The third-order valence-corrected chi connectivity index (χ3v) is 4.40. The van der Waals surface area contributed by atoms with Gasteiger partial charge in [-0.25, -0.2) is 9.97 Å². The van der Waals surface area contributed by atoms with Gasteiger partial charge in [-0.2, -0.15) is 0 Å². The molecule has 0 atom stereocenters. The Hall–Kier alpha value is -2.20. The van der Waals surface area contributed by atoms with E-state index in [4.69, 9.17) is 4.74 Å². The van der Waals surface area contributed by atoms with E-state index in [0.717, 1.165) is 16.5 Å². The zero-order chi connectivity index (χ0) is 13.5. The van der Waals surface area contributed by atoms with Crippen LogP contribution < -0.4 is 4.74 Å². The van der Waals surface area contributed by atoms with Gasteiger partial charge in [-0.15, -0.1) is 11.3 Å². The van der Waals surface area contributed by atoms with E-state index in [1.165, 1.54) is 21.6 Å². The van der Waals surface area contributed by atoms with Gasteiger partial charge in [0.1, 0.15) is 6.61 Å². The van der Waals surface area contributed by atoms with Crippen LogP contribution >= 0.6 is 11.3 Å². The van der Waals surface area contributed by atoms with Gasteiger partial charge >= 0.3 is 0 Å². The van der Waals surface area contributed by atoms with Crippen molar-refractivity contribution in [1.29, 1.82) is 0 Å². The number of hydrogen-bond acceptors (Lipinski definition) is 4. The van der Waals surface area contributed by atoms with Crippen LogP contribution in [0, 0.1) is 6.92 Å². The Morgan fingerprint density at radius 2 is 2.10 bits per heavy atom. The lowest BCUT2D eigenvalue weighted by Gasteiger charge is -2.20. The van der Waals surface area contributed by atoms with Gasteiger partial charge < -0.3 is 4.74 Å². The van der Waals surface area contributed by atoms with Crippen molar-refractivity contribution in [2.24, 2.45) is 0 Å². The molecule has 1 aromatic carbocycles. The summed E-state index contributed by atoms with van der Waals surface area (Å²) in [6, 6.07) is 10.5. The number of pyridine rings is 1. The molecule has 0 radical (unpaired) electrons. The molecule has 20 heavy (non-hydrogen) atoms. The van der Waals surface area contributed by atoms with E-state index in [9.17, 15) is 0 Å². The lowest BCUT2D eigenvalue weighted by atomic mass is 9.97. The summed E-state index contributed by atoms with van der Waals surface area (Å²) in [6.45, 7) is 2.60. The fourth-order valence-corrected chi connectivity index (χ4v) is 3.25. The number of aryl methyl sites for hydroxylation is 1. The molecule has 3 aromatic rings. The van der Waals surface area contributed by atoms with Crippen LogP contribution in [0.5, 0.6) is 5.88 Å². The minimum atomic E-state index is 0.574. The fourth-order valence-electron chi connectivity index (χ4n) is 2.48. The summed E-state index contributed by atoms with van der Waals surface area (Å²) in [4.78, 5) is 9.79. The number of fused-ring (bicyclic) bond motifs is 3. The van der Waals surface area contributed by atoms with Crippen molar-refractivity contribution in [3.8, 4) is 27.4 Å². The van der Waals surface area contributed by atoms with Crippen LogP contribution in [-0.2, 0) is 6.61 Å². The van der Waals surface area contributed by atoms with Crippen molar-refractivity contribution in [2.75, 3.05) is 0 Å². The second kappa shape index (κ2) is 4.42. The zero-order valence-corrected chi connectivity index (χ0v) is 11.8. The SMILES string of the molecule is Cc1ncc(-c2ccc3c(c2)COc2ncccc2-3)s1. The highest BCUT2D eigenvalue weighted by Gasteiger charge is 2.18. The molecule has 0 unspecified atom stereocenters. The first kappa shape index (κ1) is 11.6. The second-order valence-electron chi connectivity index (χ2n) is 4.76. The minimum absolute atomic E-state index is 0.574. The van der Waals surface area contributed by atoms with Gasteiger partial charge in [0.05, 0.1) is 9.88 Å². The van der Waals surface area contributed by atoms with Gasteiger partial charge in [0.25, 0.3) is 0 Å². The maximum absolute atomic E-state index is 5.72. The Kier molecular flexibility index (Phi) is 2.57. The molecule has 3 nitrogen and oxygen atoms in total. The Balaban J connectivity index is 1.84. The monoisotopic (exact) mass is 280 g/mol. The van der Waals surface area contributed by atoms with Crippen LogP contribution in [0.25, 0.3) is 21.6 Å². The normalized spacial score (nSPS) is 12.4. The maximum atomic E-state index is 5.72. The average molecular weight is 280 g/mol. The lowest BCUT2D eigenvalue weighted by molar-refractivity contribution is 0.290. The second-order valence-corrected chi connectivity index (χ2v) is 6.00. The quantitative estimate of drug-likeness (QED) is 0.674. The molecular weight excluding hydrogens is 268 g/mol. The van der Waals surface area contributed by atoms with E-state index < -0.39 is 0 Å². The van der Waals surface area contributed by atoms with Crippen molar-refractivity contribution < 1.29 is 4.74 Å². The maximum Gasteiger partial charge on any atom is 0.221 e. The molecule has 0 fully saturated rings. The van der Waals surface area contributed by atoms with E-state index >= 15 is 0 Å². The van der Waals surface area contributed by atoms with E-state index in [0.29, 0.717) is 6.61 Å². The smallest absolute Gasteiger partial charge is 0.221 e. The summed E-state index contributed by atoms with van der Waals surface area (Å²) < 4.78 is 5.72. The number of thiazole rings is 1. The molecule has 4 rings (SSSR count). The predicted octanol–water partition coefficient (Wildman–Crippen LogP) is 4.07. The summed E-state index contributed by atoms with van der Waals surface area (Å²) in [5.41, 5.74) is 4.68. The lowest BCUT2D eigenvalue weighted by Crippen LogP contribution is -2.06. The number of benzene rings is 1. The van der Waals surface area contributed by atoms with Crippen molar-refractivity contribution in [1.82, 2.24) is 9.97 Å². The zero-order valence-electron chi connectivity index (χ0n) is 11.0. The molecule has 1 aliphatic rings. The first-order chi connectivity index (χ1) is 9.81. The Bertz CT molecular complexity index is 795. The summed E-state index contributed by atoms with van der Waals surface area (Å²) in [6.07, 6.45) is 3.69. The molecule has 0 saturated carbocycles. The van der Waals surface area contributed by atoms with E-state index in [1.54, 1.807) is 17.5 Å². The Morgan fingerprint density at radius 1 is 1.15 bits per heavy atom. The molecule has 0 saturated heterocycles. The van der Waals surface area contributed by atoms with Crippen LogP contribution in [-0.4, -0.2) is 9.97 Å².